The normalized spacial score (nSPS) is 17.8. The zero-order chi connectivity index (χ0) is 22.1. The van der Waals surface area contributed by atoms with Gasteiger partial charge in [-0.25, -0.2) is 0 Å². The van der Waals surface area contributed by atoms with E-state index in [4.69, 9.17) is 14.0 Å². The van der Waals surface area contributed by atoms with Crippen molar-refractivity contribution in [2.75, 3.05) is 19.1 Å². The summed E-state index contributed by atoms with van der Waals surface area (Å²) in [6.45, 7) is 1.68. The Hall–Kier alpha value is -4.07. The molecule has 0 bridgehead atoms. The van der Waals surface area contributed by atoms with E-state index >= 15 is 0 Å². The fourth-order valence-corrected chi connectivity index (χ4v) is 3.59. The van der Waals surface area contributed by atoms with E-state index in [0.29, 0.717) is 28.4 Å². The number of amides is 1. The number of aliphatic hydroxyl groups is 1. The van der Waals surface area contributed by atoms with Gasteiger partial charge in [0.05, 0.1) is 25.8 Å². The van der Waals surface area contributed by atoms with E-state index in [1.165, 1.54) is 19.1 Å². The van der Waals surface area contributed by atoms with Gasteiger partial charge in [-0.1, -0.05) is 29.4 Å². The molecule has 1 atom stereocenters. The van der Waals surface area contributed by atoms with Crippen LogP contribution >= 0.6 is 0 Å². The van der Waals surface area contributed by atoms with Gasteiger partial charge >= 0.3 is 5.91 Å². The van der Waals surface area contributed by atoms with Gasteiger partial charge in [0, 0.05) is 11.6 Å². The van der Waals surface area contributed by atoms with E-state index in [9.17, 15) is 14.7 Å². The first-order chi connectivity index (χ1) is 14.9. The van der Waals surface area contributed by atoms with Crippen molar-refractivity contribution < 1.29 is 28.7 Å². The van der Waals surface area contributed by atoms with Crippen molar-refractivity contribution in [3.8, 4) is 11.5 Å². The Morgan fingerprint density at radius 2 is 1.71 bits per heavy atom. The summed E-state index contributed by atoms with van der Waals surface area (Å²) < 4.78 is 15.6. The van der Waals surface area contributed by atoms with Crippen molar-refractivity contribution in [1.29, 1.82) is 0 Å². The van der Waals surface area contributed by atoms with Crippen LogP contribution in [-0.4, -0.2) is 36.2 Å². The molecule has 3 aromatic rings. The maximum absolute atomic E-state index is 13.1. The number of hydrogen-bond donors (Lipinski definition) is 1. The predicted molar refractivity (Wildman–Crippen MR) is 112 cm³/mol. The standard InChI is InChI=1S/C23H20N2O6/c1-13-10-18(24-31-13)25-20(14-6-4-8-16(11-14)29-2)19(22(27)23(25)28)21(26)15-7-5-9-17(12-15)30-3/h4-12,20,26H,1-3H3/b21-19+/t20-/m0/s1. The van der Waals surface area contributed by atoms with Crippen molar-refractivity contribution in [2.24, 2.45) is 0 Å². The van der Waals surface area contributed by atoms with Crippen LogP contribution in [0.2, 0.25) is 0 Å². The highest BCUT2D eigenvalue weighted by Gasteiger charge is 2.48. The first-order valence-electron chi connectivity index (χ1n) is 9.47. The lowest BCUT2D eigenvalue weighted by atomic mass is 9.95. The number of carbonyl (C=O) groups is 2. The Balaban J connectivity index is 1.95. The Morgan fingerprint density at radius 1 is 1.03 bits per heavy atom. The number of carbonyl (C=O) groups excluding carboxylic acids is 2. The van der Waals surface area contributed by atoms with E-state index in [1.54, 1.807) is 61.5 Å². The van der Waals surface area contributed by atoms with Crippen molar-refractivity contribution in [3.05, 3.63) is 77.1 Å². The van der Waals surface area contributed by atoms with Crippen LogP contribution in [0.1, 0.15) is 22.9 Å². The number of rotatable bonds is 5. The van der Waals surface area contributed by atoms with Gasteiger partial charge in [-0.05, 0) is 36.8 Å². The van der Waals surface area contributed by atoms with Crippen LogP contribution in [0.25, 0.3) is 5.76 Å². The summed E-state index contributed by atoms with van der Waals surface area (Å²) in [6, 6.07) is 14.2. The van der Waals surface area contributed by atoms with E-state index in [0.717, 1.165) is 0 Å². The number of Topliss-reactive ketones (excluding diaryl/α,β-unsaturated/α-hetero) is 1. The fraction of sp³-hybridized carbons (Fsp3) is 0.174. The summed E-state index contributed by atoms with van der Waals surface area (Å²) in [5, 5.41) is 15.0. The molecule has 0 spiro atoms. The summed E-state index contributed by atoms with van der Waals surface area (Å²) in [5.41, 5.74) is 0.859. The van der Waals surface area contributed by atoms with E-state index in [-0.39, 0.29) is 17.2 Å². The molecule has 0 aliphatic carbocycles. The largest absolute Gasteiger partial charge is 0.507 e. The second kappa shape index (κ2) is 7.98. The maximum Gasteiger partial charge on any atom is 0.301 e. The van der Waals surface area contributed by atoms with Gasteiger partial charge in [0.2, 0.25) is 0 Å². The first-order valence-corrected chi connectivity index (χ1v) is 9.47. The molecule has 1 aliphatic rings. The summed E-state index contributed by atoms with van der Waals surface area (Å²) >= 11 is 0. The van der Waals surface area contributed by atoms with Crippen LogP contribution in [0.15, 0.2) is 64.7 Å². The minimum Gasteiger partial charge on any atom is -0.507 e. The van der Waals surface area contributed by atoms with Gasteiger partial charge in [-0.2, -0.15) is 0 Å². The van der Waals surface area contributed by atoms with E-state index in [1.807, 2.05) is 0 Å². The molecule has 1 fully saturated rings. The zero-order valence-electron chi connectivity index (χ0n) is 17.2. The number of ketones is 1. The minimum absolute atomic E-state index is 0.0628. The third-order valence-corrected chi connectivity index (χ3v) is 5.06. The second-order valence-corrected chi connectivity index (χ2v) is 6.97. The van der Waals surface area contributed by atoms with Crippen molar-refractivity contribution in [1.82, 2.24) is 5.16 Å². The summed E-state index contributed by atoms with van der Waals surface area (Å²) in [5.74, 6) is -0.248. The molecule has 1 amide bonds. The number of anilines is 1. The summed E-state index contributed by atoms with van der Waals surface area (Å²) in [6.07, 6.45) is 0. The molecule has 1 aliphatic heterocycles. The van der Waals surface area contributed by atoms with Crippen LogP contribution in [0.4, 0.5) is 5.82 Å². The number of nitrogens with zero attached hydrogens (tertiary/aromatic N) is 2. The number of aromatic nitrogens is 1. The highest BCUT2D eigenvalue weighted by atomic mass is 16.5. The monoisotopic (exact) mass is 420 g/mol. The molecule has 0 radical (unpaired) electrons. The Bertz CT molecular complexity index is 1200. The van der Waals surface area contributed by atoms with Gasteiger partial charge in [0.25, 0.3) is 5.78 Å². The summed E-state index contributed by atoms with van der Waals surface area (Å²) in [7, 11) is 3.02. The minimum atomic E-state index is -0.925. The SMILES string of the molecule is COc1cccc(/C(O)=C2\C(=O)C(=O)N(c3cc(C)on3)[C@H]2c2cccc(OC)c2)c1. The number of aryl methyl sites for hydroxylation is 1. The van der Waals surface area contributed by atoms with Crippen molar-refractivity contribution in [2.45, 2.75) is 13.0 Å². The predicted octanol–water partition coefficient (Wildman–Crippen LogP) is 3.63. The van der Waals surface area contributed by atoms with Crippen molar-refractivity contribution in [3.63, 3.8) is 0 Å². The molecular weight excluding hydrogens is 400 g/mol. The molecule has 4 rings (SSSR count). The smallest absolute Gasteiger partial charge is 0.301 e. The Labute approximate surface area is 178 Å². The zero-order valence-corrected chi connectivity index (χ0v) is 17.2. The summed E-state index contributed by atoms with van der Waals surface area (Å²) in [4.78, 5) is 27.3. The topological polar surface area (TPSA) is 102 Å². The van der Waals surface area contributed by atoms with Crippen LogP contribution in [-0.2, 0) is 9.59 Å². The number of ether oxygens (including phenoxy) is 2. The van der Waals surface area contributed by atoms with Crippen molar-refractivity contribution >= 4 is 23.3 Å². The van der Waals surface area contributed by atoms with Gasteiger partial charge < -0.3 is 19.1 Å². The van der Waals surface area contributed by atoms with Crippen LogP contribution < -0.4 is 14.4 Å². The molecule has 31 heavy (non-hydrogen) atoms. The maximum atomic E-state index is 13.1. The highest BCUT2D eigenvalue weighted by molar-refractivity contribution is 6.51. The molecule has 8 heteroatoms. The Morgan fingerprint density at radius 3 is 2.35 bits per heavy atom. The molecule has 1 aromatic heterocycles. The second-order valence-electron chi connectivity index (χ2n) is 6.97. The molecule has 1 N–H and O–H groups in total. The molecule has 8 nitrogen and oxygen atoms in total. The quantitative estimate of drug-likeness (QED) is 0.382. The Kier molecular flexibility index (Phi) is 5.21. The molecule has 158 valence electrons. The number of benzene rings is 2. The number of aliphatic hydroxyl groups excluding tert-OH is 1. The average molecular weight is 420 g/mol. The van der Waals surface area contributed by atoms with Crippen LogP contribution in [0.3, 0.4) is 0 Å². The van der Waals surface area contributed by atoms with Crippen LogP contribution in [0.5, 0.6) is 11.5 Å². The molecule has 2 aromatic carbocycles. The first kappa shape index (κ1) is 20.2. The van der Waals surface area contributed by atoms with Gasteiger partial charge in [0.15, 0.2) is 5.82 Å². The van der Waals surface area contributed by atoms with Gasteiger partial charge in [0.1, 0.15) is 23.0 Å². The highest BCUT2D eigenvalue weighted by Crippen LogP contribution is 2.42. The molecular formula is C23H20N2O6. The molecule has 2 heterocycles. The number of hydrogen-bond acceptors (Lipinski definition) is 7. The fourth-order valence-electron chi connectivity index (χ4n) is 3.59. The molecule has 0 unspecified atom stereocenters. The lowest BCUT2D eigenvalue weighted by molar-refractivity contribution is -0.132. The lowest BCUT2D eigenvalue weighted by Gasteiger charge is -2.23. The van der Waals surface area contributed by atoms with E-state index in [2.05, 4.69) is 5.16 Å². The molecule has 1 saturated heterocycles. The van der Waals surface area contributed by atoms with Gasteiger partial charge in [-0.15, -0.1) is 0 Å². The third kappa shape index (κ3) is 3.52. The molecule has 0 saturated carbocycles. The number of methoxy groups -OCH3 is 2. The van der Waals surface area contributed by atoms with E-state index < -0.39 is 17.7 Å². The average Bonchev–Trinajstić information content (AvgIpc) is 3.34. The van der Waals surface area contributed by atoms with Gasteiger partial charge in [-0.3, -0.25) is 14.5 Å². The van der Waals surface area contributed by atoms with Crippen LogP contribution in [0, 0.1) is 6.92 Å². The lowest BCUT2D eigenvalue weighted by Crippen LogP contribution is -2.29. The third-order valence-electron chi connectivity index (χ3n) is 5.06.